The van der Waals surface area contributed by atoms with Crippen LogP contribution in [0.15, 0.2) is 53.6 Å². The molecule has 0 radical (unpaired) electrons. The Morgan fingerprint density at radius 3 is 2.14 bits per heavy atom. The second-order valence-corrected chi connectivity index (χ2v) is 7.70. The molecule has 2 aromatic carbocycles. The highest BCUT2D eigenvalue weighted by Crippen LogP contribution is 2.39. The molecule has 1 aliphatic rings. The maximum Gasteiger partial charge on any atom is 0.251 e. The number of nitrogens with one attached hydrogen (secondary N) is 1. The maximum absolute atomic E-state index is 13.3. The van der Waals surface area contributed by atoms with E-state index in [1.807, 2.05) is 19.1 Å². The number of aryl methyl sites for hydroxylation is 2. The fraction of sp³-hybridized carbons (Fsp3) is 0.346. The standard InChI is InChI=1S/C26H31NO2/c1-7-22-24(20-12-14-21(15-13-20)29-8-2)18(5)19(6)25(27-26(22)28)23-16(3)10-9-11-17(23)4/h9-15,18H,7-8H2,1-6H3,(H,27,28). The minimum atomic E-state index is -0.00209. The number of carbonyl (C=O) groups excluding carboxylic acids is 1. The van der Waals surface area contributed by atoms with Gasteiger partial charge in [-0.05, 0) is 74.1 Å². The third-order valence-electron chi connectivity index (χ3n) is 5.88. The molecule has 1 heterocycles. The van der Waals surface area contributed by atoms with E-state index in [2.05, 4.69) is 70.3 Å². The molecule has 0 aliphatic carbocycles. The van der Waals surface area contributed by atoms with E-state index in [-0.39, 0.29) is 11.8 Å². The number of hydrogen-bond acceptors (Lipinski definition) is 2. The van der Waals surface area contributed by atoms with Gasteiger partial charge in [-0.25, -0.2) is 0 Å². The molecule has 1 unspecified atom stereocenters. The third-order valence-corrected chi connectivity index (χ3v) is 5.88. The zero-order chi connectivity index (χ0) is 21.1. The van der Waals surface area contributed by atoms with E-state index in [4.69, 9.17) is 4.74 Å². The summed E-state index contributed by atoms with van der Waals surface area (Å²) < 4.78 is 5.59. The number of benzene rings is 2. The molecule has 0 bridgehead atoms. The molecule has 0 fully saturated rings. The Hall–Kier alpha value is -2.81. The molecule has 1 N–H and O–H groups in total. The summed E-state index contributed by atoms with van der Waals surface area (Å²) in [4.78, 5) is 13.3. The normalized spacial score (nSPS) is 17.3. The number of rotatable bonds is 5. The Kier molecular flexibility index (Phi) is 6.26. The van der Waals surface area contributed by atoms with Gasteiger partial charge < -0.3 is 10.1 Å². The molecule has 3 heteroatoms. The van der Waals surface area contributed by atoms with Crippen LogP contribution in [0.1, 0.15) is 56.4 Å². The van der Waals surface area contributed by atoms with Crippen LogP contribution < -0.4 is 10.1 Å². The van der Waals surface area contributed by atoms with Crippen molar-refractivity contribution < 1.29 is 9.53 Å². The van der Waals surface area contributed by atoms with Gasteiger partial charge in [0.1, 0.15) is 5.75 Å². The van der Waals surface area contributed by atoms with Gasteiger partial charge in [0.05, 0.1) is 6.61 Å². The van der Waals surface area contributed by atoms with Crippen LogP contribution in [0.2, 0.25) is 0 Å². The largest absolute Gasteiger partial charge is 0.494 e. The smallest absolute Gasteiger partial charge is 0.251 e. The molecule has 2 aromatic rings. The average Bonchev–Trinajstić information content (AvgIpc) is 2.79. The zero-order valence-corrected chi connectivity index (χ0v) is 18.3. The highest BCUT2D eigenvalue weighted by atomic mass is 16.5. The number of allylic oxidation sites excluding steroid dienone is 2. The van der Waals surface area contributed by atoms with Crippen LogP contribution >= 0.6 is 0 Å². The first-order valence-electron chi connectivity index (χ1n) is 10.4. The number of hydrogen-bond donors (Lipinski definition) is 1. The van der Waals surface area contributed by atoms with Crippen molar-refractivity contribution in [3.63, 3.8) is 0 Å². The number of ether oxygens (including phenoxy) is 1. The molecule has 0 saturated heterocycles. The average molecular weight is 390 g/mol. The minimum Gasteiger partial charge on any atom is -0.494 e. The van der Waals surface area contributed by atoms with Crippen molar-refractivity contribution in [2.24, 2.45) is 5.92 Å². The summed E-state index contributed by atoms with van der Waals surface area (Å²) in [5, 5.41) is 3.25. The lowest BCUT2D eigenvalue weighted by molar-refractivity contribution is -0.116. The molecule has 1 aliphatic heterocycles. The lowest BCUT2D eigenvalue weighted by atomic mass is 9.83. The first-order chi connectivity index (χ1) is 13.9. The Balaban J connectivity index is 2.15. The minimum absolute atomic E-state index is 0.00209. The highest BCUT2D eigenvalue weighted by Gasteiger charge is 2.29. The predicted octanol–water partition coefficient (Wildman–Crippen LogP) is 6.06. The van der Waals surface area contributed by atoms with Crippen LogP contribution in [-0.4, -0.2) is 12.5 Å². The second-order valence-electron chi connectivity index (χ2n) is 7.70. The molecule has 0 spiro atoms. The van der Waals surface area contributed by atoms with E-state index in [1.165, 1.54) is 16.7 Å². The molecule has 152 valence electrons. The summed E-state index contributed by atoms with van der Waals surface area (Å²) in [6.45, 7) is 13.2. The van der Waals surface area contributed by atoms with Crippen LogP contribution in [0.5, 0.6) is 5.75 Å². The van der Waals surface area contributed by atoms with E-state index >= 15 is 0 Å². The maximum atomic E-state index is 13.3. The molecular weight excluding hydrogens is 358 g/mol. The molecule has 0 aromatic heterocycles. The second kappa shape index (κ2) is 8.69. The van der Waals surface area contributed by atoms with Crippen LogP contribution in [0.3, 0.4) is 0 Å². The van der Waals surface area contributed by atoms with E-state index in [0.717, 1.165) is 33.7 Å². The summed E-state index contributed by atoms with van der Waals surface area (Å²) >= 11 is 0. The Bertz CT molecular complexity index is 960. The number of carbonyl (C=O) groups is 1. The van der Waals surface area contributed by atoms with Crippen molar-refractivity contribution in [2.75, 3.05) is 6.61 Å². The van der Waals surface area contributed by atoms with Crippen molar-refractivity contribution in [1.29, 1.82) is 0 Å². The van der Waals surface area contributed by atoms with Crippen molar-refractivity contribution in [1.82, 2.24) is 5.32 Å². The van der Waals surface area contributed by atoms with Gasteiger partial charge in [0, 0.05) is 22.8 Å². The van der Waals surface area contributed by atoms with Gasteiger partial charge in [0.2, 0.25) is 0 Å². The quantitative estimate of drug-likeness (QED) is 0.675. The highest BCUT2D eigenvalue weighted by molar-refractivity contribution is 6.07. The predicted molar refractivity (Wildman–Crippen MR) is 121 cm³/mol. The molecule has 3 nitrogen and oxygen atoms in total. The Labute approximate surface area is 174 Å². The Morgan fingerprint density at radius 1 is 0.966 bits per heavy atom. The van der Waals surface area contributed by atoms with Gasteiger partial charge in [0.15, 0.2) is 0 Å². The summed E-state index contributed by atoms with van der Waals surface area (Å²) in [7, 11) is 0. The van der Waals surface area contributed by atoms with E-state index < -0.39 is 0 Å². The monoisotopic (exact) mass is 389 g/mol. The van der Waals surface area contributed by atoms with E-state index in [9.17, 15) is 4.79 Å². The van der Waals surface area contributed by atoms with Crippen molar-refractivity contribution in [3.05, 3.63) is 75.9 Å². The first kappa shape index (κ1) is 20.9. The summed E-state index contributed by atoms with van der Waals surface area (Å²) in [6.07, 6.45) is 0.687. The van der Waals surface area contributed by atoms with Crippen molar-refractivity contribution in [2.45, 2.75) is 48.0 Å². The molecule has 1 amide bonds. The SMILES string of the molecule is CCOc1ccc(C2=C(CC)C(=O)NC(c3c(C)cccc3C)=C(C)C2C)cc1. The molecule has 1 atom stereocenters. The molecular formula is C26H31NO2. The lowest BCUT2D eigenvalue weighted by Crippen LogP contribution is -2.24. The molecule has 29 heavy (non-hydrogen) atoms. The van der Waals surface area contributed by atoms with Gasteiger partial charge in [-0.3, -0.25) is 4.79 Å². The van der Waals surface area contributed by atoms with Gasteiger partial charge in [-0.15, -0.1) is 0 Å². The third kappa shape index (κ3) is 4.00. The van der Waals surface area contributed by atoms with Crippen molar-refractivity contribution in [3.8, 4) is 5.75 Å². The van der Waals surface area contributed by atoms with Crippen LogP contribution in [0, 0.1) is 19.8 Å². The van der Waals surface area contributed by atoms with Crippen LogP contribution in [0.4, 0.5) is 0 Å². The van der Waals surface area contributed by atoms with Crippen LogP contribution in [-0.2, 0) is 4.79 Å². The zero-order valence-electron chi connectivity index (χ0n) is 18.3. The van der Waals surface area contributed by atoms with E-state index in [1.54, 1.807) is 0 Å². The van der Waals surface area contributed by atoms with Gasteiger partial charge in [-0.2, -0.15) is 0 Å². The van der Waals surface area contributed by atoms with Gasteiger partial charge >= 0.3 is 0 Å². The van der Waals surface area contributed by atoms with Gasteiger partial charge in [0.25, 0.3) is 5.91 Å². The summed E-state index contributed by atoms with van der Waals surface area (Å²) in [5.74, 6) is 0.970. The van der Waals surface area contributed by atoms with E-state index in [0.29, 0.717) is 13.0 Å². The summed E-state index contributed by atoms with van der Waals surface area (Å²) in [5.41, 5.74) is 8.65. The lowest BCUT2D eigenvalue weighted by Gasteiger charge is -2.21. The van der Waals surface area contributed by atoms with Gasteiger partial charge in [-0.1, -0.05) is 44.2 Å². The Morgan fingerprint density at radius 2 is 1.59 bits per heavy atom. The fourth-order valence-electron chi connectivity index (χ4n) is 4.25. The topological polar surface area (TPSA) is 38.3 Å². The van der Waals surface area contributed by atoms with Crippen LogP contribution in [0.25, 0.3) is 11.3 Å². The number of amides is 1. The molecule has 3 rings (SSSR count). The molecule has 0 saturated carbocycles. The summed E-state index contributed by atoms with van der Waals surface area (Å²) in [6, 6.07) is 14.4. The van der Waals surface area contributed by atoms with Crippen molar-refractivity contribution >= 4 is 17.2 Å². The first-order valence-corrected chi connectivity index (χ1v) is 10.4. The fourth-order valence-corrected chi connectivity index (χ4v) is 4.25.